The van der Waals surface area contributed by atoms with Crippen LogP contribution in [0.3, 0.4) is 0 Å². The smallest absolute Gasteiger partial charge is 0.0471 e. The quantitative estimate of drug-likeness (QED) is 0.860. The van der Waals surface area contributed by atoms with Crippen molar-refractivity contribution < 1.29 is 0 Å². The monoisotopic (exact) mass is 244 g/mol. The van der Waals surface area contributed by atoms with Crippen molar-refractivity contribution in [2.75, 3.05) is 26.2 Å². The zero-order chi connectivity index (χ0) is 12.6. The first kappa shape index (κ1) is 12.2. The summed E-state index contributed by atoms with van der Waals surface area (Å²) in [6, 6.07) is 11.1. The molecule has 0 unspecified atom stereocenters. The first-order valence-corrected chi connectivity index (χ1v) is 7.14. The number of hydrogen-bond acceptors (Lipinski definition) is 2. The average molecular weight is 244 g/mol. The molecule has 2 heteroatoms. The van der Waals surface area contributed by atoms with Gasteiger partial charge in [0.2, 0.25) is 0 Å². The Labute approximate surface area is 110 Å². The Hall–Kier alpha value is -0.860. The summed E-state index contributed by atoms with van der Waals surface area (Å²) in [5.41, 5.74) is 2.33. The molecule has 2 nitrogen and oxygen atoms in total. The number of hydrogen-bond donors (Lipinski definition) is 1. The molecular formula is C16H24N2. The highest BCUT2D eigenvalue weighted by Gasteiger charge is 2.53. The van der Waals surface area contributed by atoms with Crippen LogP contribution in [-0.4, -0.2) is 31.1 Å². The maximum Gasteiger partial charge on any atom is 0.0471 e. The van der Waals surface area contributed by atoms with E-state index in [0.717, 1.165) is 13.1 Å². The van der Waals surface area contributed by atoms with Crippen LogP contribution in [0.5, 0.6) is 0 Å². The summed E-state index contributed by atoms with van der Waals surface area (Å²) in [4.78, 5) is 2.71. The van der Waals surface area contributed by atoms with Crippen molar-refractivity contribution in [3.8, 4) is 0 Å². The molecule has 1 saturated heterocycles. The van der Waals surface area contributed by atoms with Crippen LogP contribution in [-0.2, 0) is 5.54 Å². The standard InChI is InChI=1S/C16H24N2/c1-15(2)12-16(13-15,14-6-4-3-5-7-14)18-10-8-17-9-11-18/h3-7,17H,8-13H2,1-2H3. The normalized spacial score (nSPS) is 26.6. The molecule has 0 spiro atoms. The third kappa shape index (κ3) is 1.98. The second-order valence-electron chi connectivity index (χ2n) is 6.65. The minimum Gasteiger partial charge on any atom is -0.314 e. The maximum absolute atomic E-state index is 3.47. The van der Waals surface area contributed by atoms with Gasteiger partial charge < -0.3 is 5.32 Å². The Morgan fingerprint density at radius 1 is 1.00 bits per heavy atom. The fourth-order valence-corrected chi connectivity index (χ4v) is 3.98. The van der Waals surface area contributed by atoms with E-state index in [-0.39, 0.29) is 0 Å². The van der Waals surface area contributed by atoms with Crippen molar-refractivity contribution in [2.45, 2.75) is 32.2 Å². The van der Waals surface area contributed by atoms with Gasteiger partial charge in [-0.15, -0.1) is 0 Å². The molecule has 1 aliphatic carbocycles. The molecule has 18 heavy (non-hydrogen) atoms. The minimum absolute atomic E-state index is 0.312. The molecule has 0 aromatic heterocycles. The topological polar surface area (TPSA) is 15.3 Å². The van der Waals surface area contributed by atoms with Crippen molar-refractivity contribution in [2.24, 2.45) is 5.41 Å². The van der Waals surface area contributed by atoms with Crippen LogP contribution < -0.4 is 5.32 Å². The first-order valence-electron chi connectivity index (χ1n) is 7.14. The fourth-order valence-electron chi connectivity index (χ4n) is 3.98. The summed E-state index contributed by atoms with van der Waals surface area (Å²) in [6.07, 6.45) is 2.59. The fraction of sp³-hybridized carbons (Fsp3) is 0.625. The van der Waals surface area contributed by atoms with E-state index in [1.54, 1.807) is 0 Å². The van der Waals surface area contributed by atoms with Crippen molar-refractivity contribution in [3.05, 3.63) is 35.9 Å². The number of rotatable bonds is 2. The van der Waals surface area contributed by atoms with E-state index in [1.165, 1.54) is 31.5 Å². The van der Waals surface area contributed by atoms with Crippen molar-refractivity contribution >= 4 is 0 Å². The van der Waals surface area contributed by atoms with Gasteiger partial charge in [0.15, 0.2) is 0 Å². The van der Waals surface area contributed by atoms with Gasteiger partial charge >= 0.3 is 0 Å². The van der Waals surface area contributed by atoms with E-state index in [1.807, 2.05) is 0 Å². The third-order valence-corrected chi connectivity index (χ3v) is 4.58. The largest absolute Gasteiger partial charge is 0.314 e. The van der Waals surface area contributed by atoms with Gasteiger partial charge in [-0.1, -0.05) is 44.2 Å². The predicted molar refractivity (Wildman–Crippen MR) is 75.6 cm³/mol. The van der Waals surface area contributed by atoms with E-state index in [4.69, 9.17) is 0 Å². The lowest BCUT2D eigenvalue weighted by atomic mass is 9.56. The highest BCUT2D eigenvalue weighted by molar-refractivity contribution is 5.29. The van der Waals surface area contributed by atoms with Crippen molar-refractivity contribution in [1.82, 2.24) is 10.2 Å². The molecular weight excluding hydrogens is 220 g/mol. The van der Waals surface area contributed by atoms with Gasteiger partial charge in [-0.3, -0.25) is 4.90 Å². The second kappa shape index (κ2) is 4.36. The SMILES string of the molecule is CC1(C)CC(c2ccccc2)(N2CCNCC2)C1. The Kier molecular flexibility index (Phi) is 2.95. The molecule has 0 amide bonds. The highest BCUT2D eigenvalue weighted by Crippen LogP contribution is 2.57. The van der Waals surface area contributed by atoms with Gasteiger partial charge in [-0.05, 0) is 23.8 Å². The minimum atomic E-state index is 0.312. The van der Waals surface area contributed by atoms with Crippen LogP contribution in [0, 0.1) is 5.41 Å². The molecule has 1 N–H and O–H groups in total. The molecule has 1 aromatic carbocycles. The van der Waals surface area contributed by atoms with Gasteiger partial charge in [0, 0.05) is 31.7 Å². The summed E-state index contributed by atoms with van der Waals surface area (Å²) in [7, 11) is 0. The van der Waals surface area contributed by atoms with Gasteiger partial charge in [-0.2, -0.15) is 0 Å². The predicted octanol–water partition coefficient (Wildman–Crippen LogP) is 2.61. The molecule has 1 heterocycles. The molecule has 1 aliphatic heterocycles. The van der Waals surface area contributed by atoms with E-state index in [2.05, 4.69) is 54.4 Å². The van der Waals surface area contributed by atoms with Gasteiger partial charge in [-0.25, -0.2) is 0 Å². The van der Waals surface area contributed by atoms with Crippen LogP contribution >= 0.6 is 0 Å². The lowest BCUT2D eigenvalue weighted by Gasteiger charge is -2.60. The number of nitrogens with zero attached hydrogens (tertiary/aromatic N) is 1. The summed E-state index contributed by atoms with van der Waals surface area (Å²) in [6.45, 7) is 9.44. The zero-order valence-corrected chi connectivity index (χ0v) is 11.6. The molecule has 1 aromatic rings. The lowest BCUT2D eigenvalue weighted by Crippen LogP contribution is -2.62. The average Bonchev–Trinajstić information content (AvgIpc) is 2.37. The molecule has 1 saturated carbocycles. The van der Waals surface area contributed by atoms with E-state index in [9.17, 15) is 0 Å². The number of piperazine rings is 1. The van der Waals surface area contributed by atoms with E-state index in [0.29, 0.717) is 11.0 Å². The second-order valence-corrected chi connectivity index (χ2v) is 6.65. The van der Waals surface area contributed by atoms with E-state index >= 15 is 0 Å². The molecule has 98 valence electrons. The zero-order valence-electron chi connectivity index (χ0n) is 11.6. The van der Waals surface area contributed by atoms with Crippen LogP contribution in [0.1, 0.15) is 32.3 Å². The van der Waals surface area contributed by atoms with Gasteiger partial charge in [0.25, 0.3) is 0 Å². The Bertz CT molecular complexity index is 396. The highest BCUT2D eigenvalue weighted by atomic mass is 15.3. The Balaban J connectivity index is 1.90. The summed E-state index contributed by atoms with van der Waals surface area (Å²) in [5, 5.41) is 3.47. The molecule has 2 fully saturated rings. The molecule has 0 radical (unpaired) electrons. The van der Waals surface area contributed by atoms with Crippen LogP contribution in [0.25, 0.3) is 0 Å². The Morgan fingerprint density at radius 3 is 2.17 bits per heavy atom. The molecule has 3 rings (SSSR count). The van der Waals surface area contributed by atoms with Crippen molar-refractivity contribution in [1.29, 1.82) is 0 Å². The Morgan fingerprint density at radius 2 is 1.61 bits per heavy atom. The maximum atomic E-state index is 3.47. The van der Waals surface area contributed by atoms with Crippen LogP contribution in [0.4, 0.5) is 0 Å². The van der Waals surface area contributed by atoms with E-state index < -0.39 is 0 Å². The summed E-state index contributed by atoms with van der Waals surface area (Å²) in [5.74, 6) is 0. The molecule has 0 atom stereocenters. The van der Waals surface area contributed by atoms with Crippen LogP contribution in [0.15, 0.2) is 30.3 Å². The summed E-state index contributed by atoms with van der Waals surface area (Å²) >= 11 is 0. The third-order valence-electron chi connectivity index (χ3n) is 4.58. The summed E-state index contributed by atoms with van der Waals surface area (Å²) < 4.78 is 0. The molecule has 2 aliphatic rings. The van der Waals surface area contributed by atoms with Crippen LogP contribution in [0.2, 0.25) is 0 Å². The van der Waals surface area contributed by atoms with Gasteiger partial charge in [0.05, 0.1) is 0 Å². The number of benzene rings is 1. The lowest BCUT2D eigenvalue weighted by molar-refractivity contribution is -0.0787. The first-order chi connectivity index (χ1) is 8.62. The molecule has 0 bridgehead atoms. The van der Waals surface area contributed by atoms with Gasteiger partial charge in [0.1, 0.15) is 0 Å². The van der Waals surface area contributed by atoms with Crippen molar-refractivity contribution in [3.63, 3.8) is 0 Å². The number of nitrogens with one attached hydrogen (secondary N) is 1.